The Hall–Kier alpha value is -2.54. The lowest BCUT2D eigenvalue weighted by Gasteiger charge is -2.13. The van der Waals surface area contributed by atoms with Gasteiger partial charge in [0, 0.05) is 11.3 Å². The molecule has 2 aromatic rings. The number of primary amides is 1. The molecule has 0 atom stereocenters. The van der Waals surface area contributed by atoms with Gasteiger partial charge in [-0.05, 0) is 37.6 Å². The molecule has 1 aromatic heterocycles. The zero-order chi connectivity index (χ0) is 15.6. The Balaban J connectivity index is 2.45. The first-order chi connectivity index (χ1) is 9.90. The average Bonchev–Trinajstić information content (AvgIpc) is 2.43. The van der Waals surface area contributed by atoms with Gasteiger partial charge in [-0.25, -0.2) is 0 Å². The molecule has 0 aliphatic carbocycles. The van der Waals surface area contributed by atoms with Gasteiger partial charge in [-0.1, -0.05) is 18.3 Å². The third-order valence-corrected chi connectivity index (χ3v) is 3.31. The monoisotopic (exact) mass is 301 g/mol. The molecule has 0 spiro atoms. The van der Waals surface area contributed by atoms with Crippen molar-refractivity contribution in [3.05, 3.63) is 46.6 Å². The van der Waals surface area contributed by atoms with Crippen molar-refractivity contribution in [3.63, 3.8) is 0 Å². The lowest BCUT2D eigenvalue weighted by molar-refractivity contribution is 0.100. The van der Waals surface area contributed by atoms with E-state index in [1.54, 1.807) is 24.3 Å². The highest BCUT2D eigenvalue weighted by molar-refractivity contribution is 7.80. The van der Waals surface area contributed by atoms with Crippen molar-refractivity contribution in [1.82, 2.24) is 10.2 Å². The van der Waals surface area contributed by atoms with E-state index in [1.807, 2.05) is 13.8 Å². The minimum Gasteiger partial charge on any atom is -0.389 e. The maximum absolute atomic E-state index is 11.2. The van der Waals surface area contributed by atoms with Gasteiger partial charge < -0.3 is 16.8 Å². The van der Waals surface area contributed by atoms with Gasteiger partial charge >= 0.3 is 0 Å². The van der Waals surface area contributed by atoms with Crippen LogP contribution in [0.25, 0.3) is 0 Å². The second-order valence-corrected chi connectivity index (χ2v) is 5.01. The fourth-order valence-corrected chi connectivity index (χ4v) is 2.13. The summed E-state index contributed by atoms with van der Waals surface area (Å²) >= 11 is 5.08. The molecule has 1 heterocycles. The summed E-state index contributed by atoms with van der Waals surface area (Å²) < 4.78 is 0. The Bertz CT molecular complexity index is 729. The van der Waals surface area contributed by atoms with Crippen LogP contribution in [0.3, 0.4) is 0 Å². The third kappa shape index (κ3) is 3.14. The normalized spacial score (nSPS) is 10.2. The van der Waals surface area contributed by atoms with Crippen molar-refractivity contribution in [2.24, 2.45) is 11.5 Å². The Labute approximate surface area is 127 Å². The molecule has 1 amide bonds. The second kappa shape index (κ2) is 5.84. The molecular weight excluding hydrogens is 286 g/mol. The van der Waals surface area contributed by atoms with E-state index >= 15 is 0 Å². The average molecular weight is 301 g/mol. The smallest absolute Gasteiger partial charge is 0.248 e. The third-order valence-electron chi connectivity index (χ3n) is 3.11. The van der Waals surface area contributed by atoms with Crippen LogP contribution in [0, 0.1) is 13.8 Å². The summed E-state index contributed by atoms with van der Waals surface area (Å²) in [5.41, 5.74) is 14.3. The van der Waals surface area contributed by atoms with Crippen LogP contribution < -0.4 is 16.8 Å². The molecule has 2 rings (SSSR count). The number of nitrogens with zero attached hydrogens (tertiary/aromatic N) is 2. The van der Waals surface area contributed by atoms with Crippen molar-refractivity contribution in [2.75, 3.05) is 5.32 Å². The highest BCUT2D eigenvalue weighted by atomic mass is 32.1. The Morgan fingerprint density at radius 2 is 1.95 bits per heavy atom. The summed E-state index contributed by atoms with van der Waals surface area (Å²) in [6.07, 6.45) is 0. The number of nitrogens with two attached hydrogens (primary N) is 2. The molecule has 108 valence electrons. The molecule has 0 bridgehead atoms. The van der Waals surface area contributed by atoms with E-state index in [0.717, 1.165) is 11.3 Å². The predicted octanol–water partition coefficient (Wildman–Crippen LogP) is 1.57. The number of aryl methyl sites for hydroxylation is 1. The fraction of sp³-hybridized carbons (Fsp3) is 0.143. The summed E-state index contributed by atoms with van der Waals surface area (Å²) in [5.74, 6) is -0.0494. The van der Waals surface area contributed by atoms with Gasteiger partial charge in [-0.15, -0.1) is 5.10 Å². The van der Waals surface area contributed by atoms with Gasteiger partial charge in [-0.2, -0.15) is 5.10 Å². The largest absolute Gasteiger partial charge is 0.389 e. The van der Waals surface area contributed by atoms with E-state index in [-0.39, 0.29) is 4.99 Å². The van der Waals surface area contributed by atoms with E-state index in [1.165, 1.54) is 0 Å². The lowest BCUT2D eigenvalue weighted by atomic mass is 10.1. The first-order valence-electron chi connectivity index (χ1n) is 6.20. The van der Waals surface area contributed by atoms with E-state index < -0.39 is 5.91 Å². The van der Waals surface area contributed by atoms with Crippen LogP contribution in [-0.4, -0.2) is 21.1 Å². The zero-order valence-electron chi connectivity index (χ0n) is 11.7. The van der Waals surface area contributed by atoms with Crippen molar-refractivity contribution >= 4 is 34.6 Å². The van der Waals surface area contributed by atoms with Gasteiger partial charge in [0.2, 0.25) is 5.91 Å². The Morgan fingerprint density at radius 3 is 2.57 bits per heavy atom. The number of thiocarbonyl (C=S) groups is 1. The van der Waals surface area contributed by atoms with Crippen LogP contribution >= 0.6 is 12.2 Å². The van der Waals surface area contributed by atoms with Crippen molar-refractivity contribution in [1.29, 1.82) is 0 Å². The number of nitrogens with one attached hydrogen (secondary N) is 1. The first kappa shape index (κ1) is 14.9. The predicted molar refractivity (Wildman–Crippen MR) is 85.6 cm³/mol. The molecule has 6 nitrogen and oxygen atoms in total. The maximum atomic E-state index is 11.2. The molecule has 0 fully saturated rings. The lowest BCUT2D eigenvalue weighted by Crippen LogP contribution is -2.17. The molecule has 0 radical (unpaired) electrons. The molecule has 0 saturated carbocycles. The number of anilines is 2. The SMILES string of the molecule is Cc1nnc(Nc2cccc(C(N)=O)c2)c(C(N)=S)c1C. The Kier molecular flexibility index (Phi) is 4.13. The zero-order valence-corrected chi connectivity index (χ0v) is 12.5. The summed E-state index contributed by atoms with van der Waals surface area (Å²) in [5, 5.41) is 11.2. The van der Waals surface area contributed by atoms with E-state index in [9.17, 15) is 4.79 Å². The van der Waals surface area contributed by atoms with Gasteiger partial charge in [-0.3, -0.25) is 4.79 Å². The number of carbonyl (C=O) groups is 1. The van der Waals surface area contributed by atoms with Crippen LogP contribution in [0.5, 0.6) is 0 Å². The molecule has 5 N–H and O–H groups in total. The minimum absolute atomic E-state index is 0.235. The maximum Gasteiger partial charge on any atom is 0.248 e. The van der Waals surface area contributed by atoms with Gasteiger partial charge in [0.25, 0.3) is 0 Å². The van der Waals surface area contributed by atoms with Crippen LogP contribution in [0.1, 0.15) is 27.2 Å². The molecular formula is C14H15N5OS. The highest BCUT2D eigenvalue weighted by Gasteiger charge is 2.14. The topological polar surface area (TPSA) is 107 Å². The number of hydrogen-bond donors (Lipinski definition) is 3. The van der Waals surface area contributed by atoms with Crippen molar-refractivity contribution < 1.29 is 4.79 Å². The van der Waals surface area contributed by atoms with Crippen LogP contribution in [-0.2, 0) is 0 Å². The molecule has 1 aromatic carbocycles. The van der Waals surface area contributed by atoms with Gasteiger partial charge in [0.05, 0.1) is 11.3 Å². The van der Waals surface area contributed by atoms with Crippen molar-refractivity contribution in [3.8, 4) is 0 Å². The number of benzene rings is 1. The molecule has 0 saturated heterocycles. The minimum atomic E-state index is -0.501. The number of carbonyl (C=O) groups excluding carboxylic acids is 1. The standard InChI is InChI=1S/C14H15N5OS/c1-7-8(2)18-19-14(11(7)13(16)21)17-10-5-3-4-9(6-10)12(15)20/h3-6H,1-2H3,(H2,15,20)(H2,16,21)(H,17,19). The number of rotatable bonds is 4. The fourth-order valence-electron chi connectivity index (χ4n) is 1.88. The van der Waals surface area contributed by atoms with Crippen molar-refractivity contribution in [2.45, 2.75) is 13.8 Å². The van der Waals surface area contributed by atoms with E-state index in [0.29, 0.717) is 22.6 Å². The van der Waals surface area contributed by atoms with Crippen LogP contribution in [0.2, 0.25) is 0 Å². The number of aromatic nitrogens is 2. The quantitative estimate of drug-likeness (QED) is 0.740. The van der Waals surface area contributed by atoms with Gasteiger partial charge in [0.1, 0.15) is 4.99 Å². The first-order valence-corrected chi connectivity index (χ1v) is 6.61. The van der Waals surface area contributed by atoms with E-state index in [2.05, 4.69) is 15.5 Å². The summed E-state index contributed by atoms with van der Waals surface area (Å²) in [6.45, 7) is 3.71. The molecule has 0 aliphatic rings. The van der Waals surface area contributed by atoms with Crippen LogP contribution in [0.15, 0.2) is 24.3 Å². The summed E-state index contributed by atoms with van der Waals surface area (Å²) in [7, 11) is 0. The second-order valence-electron chi connectivity index (χ2n) is 4.57. The molecule has 21 heavy (non-hydrogen) atoms. The summed E-state index contributed by atoms with van der Waals surface area (Å²) in [6, 6.07) is 6.76. The summed E-state index contributed by atoms with van der Waals surface area (Å²) in [4.78, 5) is 11.4. The highest BCUT2D eigenvalue weighted by Crippen LogP contribution is 2.22. The number of hydrogen-bond acceptors (Lipinski definition) is 5. The Morgan fingerprint density at radius 1 is 1.24 bits per heavy atom. The molecule has 0 aliphatic heterocycles. The van der Waals surface area contributed by atoms with E-state index in [4.69, 9.17) is 23.7 Å². The molecule has 7 heteroatoms. The number of amides is 1. The molecule has 0 unspecified atom stereocenters. The van der Waals surface area contributed by atoms with Crippen LogP contribution in [0.4, 0.5) is 11.5 Å². The van der Waals surface area contributed by atoms with Gasteiger partial charge in [0.15, 0.2) is 5.82 Å².